The van der Waals surface area contributed by atoms with Gasteiger partial charge in [-0.25, -0.2) is 9.78 Å². The van der Waals surface area contributed by atoms with E-state index in [0.717, 1.165) is 49.1 Å². The van der Waals surface area contributed by atoms with E-state index < -0.39 is 17.6 Å². The van der Waals surface area contributed by atoms with Gasteiger partial charge in [-0.3, -0.25) is 4.79 Å². The second kappa shape index (κ2) is 13.1. The van der Waals surface area contributed by atoms with Gasteiger partial charge >= 0.3 is 12.1 Å². The van der Waals surface area contributed by atoms with Gasteiger partial charge < -0.3 is 19.6 Å². The number of thiophene rings is 1. The summed E-state index contributed by atoms with van der Waals surface area (Å²) < 4.78 is 46.7. The molecule has 1 amide bonds. The molecule has 0 spiro atoms. The molecule has 11 heteroatoms. The summed E-state index contributed by atoms with van der Waals surface area (Å²) in [5.74, 6) is 4.54. The van der Waals surface area contributed by atoms with E-state index in [-0.39, 0.29) is 52.3 Å². The van der Waals surface area contributed by atoms with Crippen LogP contribution in [0.2, 0.25) is 0 Å². The average Bonchev–Trinajstić information content (AvgIpc) is 3.66. The van der Waals surface area contributed by atoms with E-state index in [1.807, 2.05) is 26.2 Å². The highest BCUT2D eigenvalue weighted by molar-refractivity contribution is 7.15. The molecular weight excluding hydrogens is 591 g/mol. The Balaban J connectivity index is 1.38. The molecule has 0 unspecified atom stereocenters. The first-order valence-corrected chi connectivity index (χ1v) is 16.2. The first-order valence-electron chi connectivity index (χ1n) is 15.4. The quantitative estimate of drug-likeness (QED) is 0.312. The summed E-state index contributed by atoms with van der Waals surface area (Å²) in [7, 11) is 3.99. The Morgan fingerprint density at radius 3 is 2.36 bits per heavy atom. The lowest BCUT2D eigenvalue weighted by Gasteiger charge is -2.39. The maximum Gasteiger partial charge on any atom is 0.405 e. The van der Waals surface area contributed by atoms with Gasteiger partial charge in [0.2, 0.25) is 11.8 Å². The minimum absolute atomic E-state index is 0.0565. The molecule has 44 heavy (non-hydrogen) atoms. The van der Waals surface area contributed by atoms with Crippen LogP contribution < -0.4 is 9.64 Å². The molecule has 7 nitrogen and oxygen atoms in total. The Bertz CT molecular complexity index is 1410. The van der Waals surface area contributed by atoms with E-state index in [9.17, 15) is 27.9 Å². The van der Waals surface area contributed by atoms with Crippen molar-refractivity contribution in [2.24, 2.45) is 17.3 Å². The number of carbonyl (C=O) groups is 2. The van der Waals surface area contributed by atoms with E-state index in [0.29, 0.717) is 37.5 Å². The minimum atomic E-state index is -4.43. The molecular formula is C33H40F3N3O4S. The highest BCUT2D eigenvalue weighted by atomic mass is 32.1. The van der Waals surface area contributed by atoms with E-state index in [4.69, 9.17) is 4.74 Å². The number of hydrogen-bond donors (Lipinski definition) is 1. The van der Waals surface area contributed by atoms with Crippen molar-refractivity contribution in [2.45, 2.75) is 96.0 Å². The van der Waals surface area contributed by atoms with Gasteiger partial charge in [0.15, 0.2) is 0 Å². The molecule has 3 aliphatic rings. The van der Waals surface area contributed by atoms with Crippen LogP contribution in [-0.2, 0) is 11.3 Å². The molecule has 3 aliphatic carbocycles. The number of carboxylic acid groups (broad SMARTS) is 1. The molecule has 3 saturated carbocycles. The molecule has 0 saturated heterocycles. The number of alkyl halides is 3. The summed E-state index contributed by atoms with van der Waals surface area (Å²) in [5, 5.41) is 10.1. The number of nitrogens with zero attached hydrogens (tertiary/aromatic N) is 3. The molecule has 0 atom stereocenters. The van der Waals surface area contributed by atoms with Crippen LogP contribution in [-0.4, -0.2) is 59.3 Å². The predicted molar refractivity (Wildman–Crippen MR) is 163 cm³/mol. The molecule has 2 heterocycles. The van der Waals surface area contributed by atoms with Crippen molar-refractivity contribution in [1.82, 2.24) is 9.88 Å². The summed E-state index contributed by atoms with van der Waals surface area (Å²) in [6, 6.07) is 5.14. The number of aromatic nitrogens is 1. The Morgan fingerprint density at radius 1 is 1.09 bits per heavy atom. The van der Waals surface area contributed by atoms with Crippen LogP contribution in [0.5, 0.6) is 5.88 Å². The third-order valence-corrected chi connectivity index (χ3v) is 10.1. The molecule has 2 aromatic heterocycles. The largest absolute Gasteiger partial charge is 0.477 e. The molecule has 0 aliphatic heterocycles. The predicted octanol–water partition coefficient (Wildman–Crippen LogP) is 7.15. The van der Waals surface area contributed by atoms with Crippen LogP contribution in [0.1, 0.15) is 91.2 Å². The number of rotatable bonds is 8. The fourth-order valence-electron chi connectivity index (χ4n) is 6.33. The third kappa shape index (κ3) is 7.40. The summed E-state index contributed by atoms with van der Waals surface area (Å²) >= 11 is 0.840. The summed E-state index contributed by atoms with van der Waals surface area (Å²) in [6.07, 6.45) is 2.93. The van der Waals surface area contributed by atoms with Gasteiger partial charge in [0.25, 0.3) is 0 Å². The van der Waals surface area contributed by atoms with Crippen LogP contribution in [0.3, 0.4) is 0 Å². The van der Waals surface area contributed by atoms with Gasteiger partial charge in [0, 0.05) is 30.8 Å². The molecule has 0 bridgehead atoms. The van der Waals surface area contributed by atoms with Gasteiger partial charge in [0.1, 0.15) is 16.4 Å². The van der Waals surface area contributed by atoms with E-state index >= 15 is 0 Å². The highest BCUT2D eigenvalue weighted by Crippen LogP contribution is 2.57. The maximum atomic E-state index is 14.2. The Labute approximate surface area is 260 Å². The number of aromatic carboxylic acids is 1. The maximum absolute atomic E-state index is 14.2. The van der Waals surface area contributed by atoms with Crippen LogP contribution in [0.15, 0.2) is 24.4 Å². The van der Waals surface area contributed by atoms with Gasteiger partial charge in [-0.1, -0.05) is 18.8 Å². The third-order valence-electron chi connectivity index (χ3n) is 9.08. The Morgan fingerprint density at radius 2 is 1.77 bits per heavy atom. The number of carboxylic acids is 1. The summed E-state index contributed by atoms with van der Waals surface area (Å²) in [5.41, 5.74) is -0.684. The lowest BCUT2D eigenvalue weighted by atomic mass is 9.81. The fraction of sp³-hybridized carbons (Fsp3) is 0.606. The SMILES string of the molecule is CC1CCC(C(=O)N(c2cc(C#CC3(C(F)(F)F)CC3)sc2C(=O)O)C2CCC(Oc3cc(CN(C)C)ccn3)CC2)CC1. The second-order valence-electron chi connectivity index (χ2n) is 12.9. The van der Waals surface area contributed by atoms with Crippen molar-refractivity contribution >= 4 is 28.9 Å². The van der Waals surface area contributed by atoms with Crippen molar-refractivity contribution in [3.63, 3.8) is 0 Å². The second-order valence-corrected chi connectivity index (χ2v) is 14.0. The number of pyridine rings is 1. The summed E-state index contributed by atoms with van der Waals surface area (Å²) in [6.45, 7) is 2.93. The van der Waals surface area contributed by atoms with E-state index in [1.54, 1.807) is 11.1 Å². The first kappa shape index (κ1) is 32.3. The molecule has 3 fully saturated rings. The molecule has 0 aromatic carbocycles. The molecule has 2 aromatic rings. The lowest BCUT2D eigenvalue weighted by molar-refractivity contribution is -0.168. The zero-order valence-corrected chi connectivity index (χ0v) is 26.3. The highest BCUT2D eigenvalue weighted by Gasteiger charge is 2.62. The van der Waals surface area contributed by atoms with Crippen molar-refractivity contribution in [2.75, 3.05) is 19.0 Å². The minimum Gasteiger partial charge on any atom is -0.477 e. The Hall–Kier alpha value is -3.10. The Kier molecular flexibility index (Phi) is 9.61. The van der Waals surface area contributed by atoms with Crippen LogP contribution in [0, 0.1) is 29.1 Å². The number of hydrogen-bond acceptors (Lipinski definition) is 6. The molecule has 238 valence electrons. The van der Waals surface area contributed by atoms with Crippen LogP contribution >= 0.6 is 11.3 Å². The van der Waals surface area contributed by atoms with Gasteiger partial charge in [0.05, 0.1) is 10.6 Å². The summed E-state index contributed by atoms with van der Waals surface area (Å²) in [4.78, 5) is 34.8. The zero-order valence-electron chi connectivity index (χ0n) is 25.5. The van der Waals surface area contributed by atoms with Crippen molar-refractivity contribution in [3.05, 3.63) is 39.7 Å². The number of halogens is 3. The average molecular weight is 632 g/mol. The van der Waals surface area contributed by atoms with Crippen molar-refractivity contribution in [3.8, 4) is 17.7 Å². The van der Waals surface area contributed by atoms with Crippen molar-refractivity contribution in [1.29, 1.82) is 0 Å². The van der Waals surface area contributed by atoms with Crippen LogP contribution in [0.25, 0.3) is 0 Å². The normalized spacial score (nSPS) is 24.7. The number of carbonyl (C=O) groups excluding carboxylic acids is 1. The van der Waals surface area contributed by atoms with Gasteiger partial charge in [-0.15, -0.1) is 11.3 Å². The van der Waals surface area contributed by atoms with Crippen LogP contribution in [0.4, 0.5) is 18.9 Å². The topological polar surface area (TPSA) is 83.0 Å². The zero-order chi connectivity index (χ0) is 31.6. The number of anilines is 1. The smallest absolute Gasteiger partial charge is 0.405 e. The first-order chi connectivity index (χ1) is 20.8. The molecule has 0 radical (unpaired) electrons. The lowest BCUT2D eigenvalue weighted by Crippen LogP contribution is -2.47. The van der Waals surface area contributed by atoms with Gasteiger partial charge in [-0.05, 0) is 102 Å². The fourth-order valence-corrected chi connectivity index (χ4v) is 7.17. The van der Waals surface area contributed by atoms with Crippen molar-refractivity contribution < 1.29 is 32.6 Å². The molecule has 1 N–H and O–H groups in total. The van der Waals surface area contributed by atoms with E-state index in [2.05, 4.69) is 28.6 Å². The standard InChI is InChI=1S/C33H40F3N3O4S/c1-21-4-6-23(7-5-21)30(40)39(24-8-10-25(11-9-24)43-28-18-22(13-17-37-28)20-38(2)3)27-19-26(44-29(27)31(41)42)12-14-32(15-16-32)33(34,35)36/h13,17-19,21,23-25H,4-11,15-16,20H2,1-3H3,(H,41,42). The van der Waals surface area contributed by atoms with E-state index in [1.165, 1.54) is 6.07 Å². The molecule has 5 rings (SSSR count). The van der Waals surface area contributed by atoms with Gasteiger partial charge in [-0.2, -0.15) is 13.2 Å². The number of amides is 1. The number of ether oxygens (including phenoxy) is 1. The monoisotopic (exact) mass is 631 g/mol.